The van der Waals surface area contributed by atoms with Gasteiger partial charge in [0.05, 0.1) is 11.4 Å². The Morgan fingerprint density at radius 1 is 1.29 bits per heavy atom. The van der Waals surface area contributed by atoms with Crippen LogP contribution in [-0.4, -0.2) is 25.5 Å². The number of nitrogens with zero attached hydrogens (tertiary/aromatic N) is 2. The zero-order valence-corrected chi connectivity index (χ0v) is 16.9. The number of sulfone groups is 1. The Balaban J connectivity index is 2.29. The molecule has 0 radical (unpaired) electrons. The summed E-state index contributed by atoms with van der Waals surface area (Å²) in [6, 6.07) is 7.20. The fourth-order valence-corrected chi connectivity index (χ4v) is 3.45. The predicted octanol–water partition coefficient (Wildman–Crippen LogP) is 2.89. The van der Waals surface area contributed by atoms with Gasteiger partial charge in [-0.3, -0.25) is 9.79 Å². The lowest BCUT2D eigenvalue weighted by atomic mass is 10.1. The van der Waals surface area contributed by atoms with E-state index in [4.69, 9.17) is 5.73 Å². The smallest absolute Gasteiger partial charge is 0.250 e. The van der Waals surface area contributed by atoms with Crippen molar-refractivity contribution in [3.8, 4) is 0 Å². The number of aromatic nitrogens is 1. The van der Waals surface area contributed by atoms with E-state index in [-0.39, 0.29) is 16.9 Å². The quantitative estimate of drug-likeness (QED) is 0.717. The molecule has 0 bridgehead atoms. The first-order valence-electron chi connectivity index (χ1n) is 8.72. The van der Waals surface area contributed by atoms with Gasteiger partial charge in [-0.05, 0) is 23.6 Å². The van der Waals surface area contributed by atoms with E-state index in [0.717, 1.165) is 6.26 Å². The lowest BCUT2D eigenvalue weighted by Gasteiger charge is -2.09. The molecule has 0 saturated heterocycles. The van der Waals surface area contributed by atoms with E-state index in [2.05, 4.69) is 4.99 Å². The molecule has 0 saturated carbocycles. The second-order valence-corrected chi connectivity index (χ2v) is 9.18. The molecule has 2 rings (SSSR count). The predicted molar refractivity (Wildman–Crippen MR) is 111 cm³/mol. The molecular weight excluding hydrogens is 381 g/mol. The minimum absolute atomic E-state index is 0.116. The van der Waals surface area contributed by atoms with E-state index in [0.29, 0.717) is 29.3 Å². The number of hydrogen-bond acceptors (Lipinski definition) is 5. The highest BCUT2D eigenvalue weighted by Crippen LogP contribution is 2.20. The van der Waals surface area contributed by atoms with Gasteiger partial charge in [0.1, 0.15) is 5.82 Å². The summed E-state index contributed by atoms with van der Waals surface area (Å²) in [6.07, 6.45) is 5.37. The number of hydrogen-bond donors (Lipinski definition) is 1. The Bertz CT molecular complexity index is 1070. The largest absolute Gasteiger partial charge is 0.404 e. The van der Waals surface area contributed by atoms with Crippen LogP contribution in [-0.2, 0) is 22.1 Å². The van der Waals surface area contributed by atoms with Crippen LogP contribution in [0.3, 0.4) is 0 Å². The molecule has 1 aromatic heterocycles. The van der Waals surface area contributed by atoms with Crippen LogP contribution in [0.4, 0.5) is 10.1 Å². The summed E-state index contributed by atoms with van der Waals surface area (Å²) in [4.78, 5) is 16.2. The maximum absolute atomic E-state index is 14.5. The Morgan fingerprint density at radius 2 is 2.00 bits per heavy atom. The topological polar surface area (TPSA) is 94.5 Å². The average Bonchev–Trinajstić information content (AvgIpc) is 2.57. The van der Waals surface area contributed by atoms with E-state index in [1.165, 1.54) is 30.6 Å². The number of benzene rings is 1. The van der Waals surface area contributed by atoms with Crippen molar-refractivity contribution in [2.24, 2.45) is 16.6 Å². The van der Waals surface area contributed by atoms with Crippen molar-refractivity contribution in [1.82, 2.24) is 4.57 Å². The highest BCUT2D eigenvalue weighted by atomic mass is 32.2. The first-order chi connectivity index (χ1) is 13.1. The first kappa shape index (κ1) is 21.6. The minimum atomic E-state index is -3.26. The van der Waals surface area contributed by atoms with Crippen molar-refractivity contribution < 1.29 is 12.8 Å². The van der Waals surface area contributed by atoms with Crippen molar-refractivity contribution in [2.75, 3.05) is 6.26 Å². The van der Waals surface area contributed by atoms with Crippen LogP contribution in [0.15, 0.2) is 52.5 Å². The summed E-state index contributed by atoms with van der Waals surface area (Å²) in [5.74, 6) is -0.526. The number of halogens is 1. The molecule has 0 spiro atoms. The molecule has 28 heavy (non-hydrogen) atoms. The van der Waals surface area contributed by atoms with Crippen LogP contribution in [0.2, 0.25) is 0 Å². The van der Waals surface area contributed by atoms with Crippen molar-refractivity contribution in [3.63, 3.8) is 0 Å². The summed E-state index contributed by atoms with van der Waals surface area (Å²) < 4.78 is 38.8. The molecule has 0 aliphatic rings. The number of pyridine rings is 1. The zero-order valence-electron chi connectivity index (χ0n) is 16.1. The molecule has 1 aromatic carbocycles. The molecule has 6 nitrogen and oxygen atoms in total. The summed E-state index contributed by atoms with van der Waals surface area (Å²) in [5, 5.41) is 0. The summed E-state index contributed by atoms with van der Waals surface area (Å²) in [6.45, 7) is 4.58. The molecule has 0 amide bonds. The van der Waals surface area contributed by atoms with E-state index < -0.39 is 15.7 Å². The van der Waals surface area contributed by atoms with Gasteiger partial charge in [0.15, 0.2) is 9.84 Å². The van der Waals surface area contributed by atoms with Gasteiger partial charge >= 0.3 is 0 Å². The number of nitrogens with two attached hydrogens (primary N) is 1. The van der Waals surface area contributed by atoms with Crippen LogP contribution >= 0.6 is 0 Å². The van der Waals surface area contributed by atoms with E-state index in [1.54, 1.807) is 22.9 Å². The van der Waals surface area contributed by atoms with Crippen molar-refractivity contribution in [1.29, 1.82) is 0 Å². The lowest BCUT2D eigenvalue weighted by Crippen LogP contribution is -2.20. The highest BCUT2D eigenvalue weighted by Gasteiger charge is 2.11. The molecule has 2 aromatic rings. The van der Waals surface area contributed by atoms with Crippen molar-refractivity contribution in [3.05, 3.63) is 70.0 Å². The fraction of sp³-hybridized carbons (Fsp3) is 0.300. The molecule has 0 aliphatic heterocycles. The van der Waals surface area contributed by atoms with Crippen molar-refractivity contribution in [2.45, 2.75) is 26.1 Å². The fourth-order valence-electron chi connectivity index (χ4n) is 2.66. The Labute approximate surface area is 164 Å². The monoisotopic (exact) mass is 405 g/mol. The molecule has 1 heterocycles. The van der Waals surface area contributed by atoms with Gasteiger partial charge in [0, 0.05) is 48.6 Å². The summed E-state index contributed by atoms with van der Waals surface area (Å²) >= 11 is 0. The molecule has 0 unspecified atom stereocenters. The average molecular weight is 405 g/mol. The SMILES string of the molecule is CC(C)Cn1cc(N=CC(=CN)c2ccc(CS(C)(=O)=O)cc2F)ccc1=O. The standard InChI is InChI=1S/C20H24FN3O3S/c1-14(2)11-24-12-17(5-7-20(24)25)23-10-16(9-22)18-6-4-15(8-19(18)21)13-28(3,26)27/h4-10,12,14H,11,13,22H2,1-3H3. The number of allylic oxidation sites excluding steroid dienone is 1. The van der Waals surface area contributed by atoms with Crippen LogP contribution in [0.5, 0.6) is 0 Å². The van der Waals surface area contributed by atoms with Crippen LogP contribution in [0.1, 0.15) is 25.0 Å². The zero-order chi connectivity index (χ0) is 20.9. The molecule has 0 fully saturated rings. The first-order valence-corrected chi connectivity index (χ1v) is 10.8. The normalized spacial score (nSPS) is 12.8. The van der Waals surface area contributed by atoms with Gasteiger partial charge in [-0.1, -0.05) is 26.0 Å². The molecule has 0 atom stereocenters. The van der Waals surface area contributed by atoms with Crippen LogP contribution in [0, 0.1) is 11.7 Å². The van der Waals surface area contributed by atoms with Crippen LogP contribution < -0.4 is 11.3 Å². The lowest BCUT2D eigenvalue weighted by molar-refractivity contribution is 0.511. The Morgan fingerprint density at radius 3 is 2.57 bits per heavy atom. The van der Waals surface area contributed by atoms with E-state index >= 15 is 0 Å². The van der Waals surface area contributed by atoms with Gasteiger partial charge in [-0.15, -0.1) is 0 Å². The highest BCUT2D eigenvalue weighted by molar-refractivity contribution is 7.89. The van der Waals surface area contributed by atoms with E-state index in [9.17, 15) is 17.6 Å². The third-order valence-electron chi connectivity index (χ3n) is 3.84. The molecule has 150 valence electrons. The second kappa shape index (κ2) is 8.97. The third kappa shape index (κ3) is 6.16. The van der Waals surface area contributed by atoms with Gasteiger partial charge < -0.3 is 10.3 Å². The molecular formula is C20H24FN3O3S. The van der Waals surface area contributed by atoms with Crippen molar-refractivity contribution >= 4 is 27.3 Å². The Kier molecular flexibility index (Phi) is 6.90. The third-order valence-corrected chi connectivity index (χ3v) is 4.69. The second-order valence-electron chi connectivity index (χ2n) is 7.04. The minimum Gasteiger partial charge on any atom is -0.404 e. The molecule has 0 aliphatic carbocycles. The number of rotatable bonds is 7. The Hall–Kier alpha value is -2.74. The van der Waals surface area contributed by atoms with Crippen LogP contribution in [0.25, 0.3) is 5.57 Å². The summed E-state index contributed by atoms with van der Waals surface area (Å²) in [5.41, 5.74) is 6.95. The molecule has 8 heteroatoms. The molecule has 2 N–H and O–H groups in total. The van der Waals surface area contributed by atoms with E-state index in [1.807, 2.05) is 13.8 Å². The maximum Gasteiger partial charge on any atom is 0.250 e. The number of aliphatic imine (C=N–C) groups is 1. The maximum atomic E-state index is 14.5. The van der Waals surface area contributed by atoms with Gasteiger partial charge in [-0.2, -0.15) is 0 Å². The van der Waals surface area contributed by atoms with Gasteiger partial charge in [0.25, 0.3) is 5.56 Å². The van der Waals surface area contributed by atoms with Gasteiger partial charge in [-0.25, -0.2) is 12.8 Å². The summed E-state index contributed by atoms with van der Waals surface area (Å²) in [7, 11) is -3.26. The van der Waals surface area contributed by atoms with Gasteiger partial charge in [0.2, 0.25) is 0 Å².